The highest BCUT2D eigenvalue weighted by atomic mass is 32.2. The van der Waals surface area contributed by atoms with E-state index in [1.54, 1.807) is 17.0 Å². The average Bonchev–Trinajstić information content (AvgIpc) is 2.37. The van der Waals surface area contributed by atoms with E-state index in [0.717, 1.165) is 24.9 Å². The third-order valence-corrected chi connectivity index (χ3v) is 4.32. The van der Waals surface area contributed by atoms with E-state index in [0.29, 0.717) is 13.1 Å². The topological polar surface area (TPSA) is 66.5 Å². The molecule has 0 bridgehead atoms. The molecule has 0 spiro atoms. The molecule has 5 nitrogen and oxygen atoms in total. The molecule has 1 aromatic rings. The minimum absolute atomic E-state index is 0.113. The van der Waals surface area contributed by atoms with E-state index in [1.807, 2.05) is 6.92 Å². The maximum absolute atomic E-state index is 12.5. The first kappa shape index (κ1) is 14.0. The molecule has 0 atom stereocenters. The van der Waals surface area contributed by atoms with Crippen molar-refractivity contribution in [2.45, 2.75) is 11.8 Å². The zero-order valence-corrected chi connectivity index (χ0v) is 12.0. The van der Waals surface area contributed by atoms with E-state index in [9.17, 15) is 13.2 Å². The van der Waals surface area contributed by atoms with Gasteiger partial charge < -0.3 is 10.2 Å². The fraction of sp³-hybridized carbons (Fsp3) is 0.462. The van der Waals surface area contributed by atoms with Gasteiger partial charge in [-0.2, -0.15) is 0 Å². The van der Waals surface area contributed by atoms with E-state index in [4.69, 9.17) is 0 Å². The maximum atomic E-state index is 12.5. The van der Waals surface area contributed by atoms with Gasteiger partial charge in [0.05, 0.1) is 10.5 Å². The van der Waals surface area contributed by atoms with Gasteiger partial charge >= 0.3 is 0 Å². The third kappa shape index (κ3) is 3.13. The summed E-state index contributed by atoms with van der Waals surface area (Å²) in [6.07, 6.45) is 1.13. The van der Waals surface area contributed by atoms with Gasteiger partial charge in [-0.3, -0.25) is 4.79 Å². The first-order valence-electron chi connectivity index (χ1n) is 6.20. The number of amides is 1. The summed E-state index contributed by atoms with van der Waals surface area (Å²) < 4.78 is 23.5. The number of carbonyl (C=O) groups excluding carboxylic acids is 1. The van der Waals surface area contributed by atoms with Crippen LogP contribution in [0, 0.1) is 6.92 Å². The van der Waals surface area contributed by atoms with Crippen molar-refractivity contribution >= 4 is 15.7 Å². The number of benzene rings is 1. The molecule has 1 aromatic carbocycles. The summed E-state index contributed by atoms with van der Waals surface area (Å²) >= 11 is 0. The van der Waals surface area contributed by atoms with Crippen LogP contribution < -0.4 is 5.32 Å². The van der Waals surface area contributed by atoms with Gasteiger partial charge in [0.2, 0.25) is 0 Å². The van der Waals surface area contributed by atoms with Crippen LogP contribution in [0.4, 0.5) is 0 Å². The SMILES string of the molecule is Cc1ccc(S(C)(=O)=O)c(C(=O)N2CCNCC2)c1. The minimum atomic E-state index is -3.40. The predicted octanol–water partition coefficient (Wildman–Crippen LogP) is 0.444. The van der Waals surface area contributed by atoms with Gasteiger partial charge in [-0.15, -0.1) is 0 Å². The second-order valence-electron chi connectivity index (χ2n) is 4.81. The van der Waals surface area contributed by atoms with Gasteiger partial charge in [0.25, 0.3) is 5.91 Å². The summed E-state index contributed by atoms with van der Waals surface area (Å²) in [5.74, 6) is -0.203. The van der Waals surface area contributed by atoms with E-state index in [1.165, 1.54) is 6.07 Å². The van der Waals surface area contributed by atoms with Crippen LogP contribution in [-0.4, -0.2) is 51.7 Å². The van der Waals surface area contributed by atoms with Crippen molar-refractivity contribution in [2.75, 3.05) is 32.4 Å². The van der Waals surface area contributed by atoms with Crippen LogP contribution in [0.25, 0.3) is 0 Å². The fourth-order valence-corrected chi connectivity index (χ4v) is 3.03. The average molecular weight is 282 g/mol. The molecule has 1 amide bonds. The molecule has 104 valence electrons. The van der Waals surface area contributed by atoms with Crippen molar-refractivity contribution in [1.82, 2.24) is 10.2 Å². The number of nitrogens with zero attached hydrogens (tertiary/aromatic N) is 1. The number of nitrogens with one attached hydrogen (secondary N) is 1. The molecular weight excluding hydrogens is 264 g/mol. The summed E-state index contributed by atoms with van der Waals surface area (Å²) in [6, 6.07) is 4.88. The molecule has 0 aromatic heterocycles. The fourth-order valence-electron chi connectivity index (χ4n) is 2.17. The van der Waals surface area contributed by atoms with Gasteiger partial charge in [-0.05, 0) is 19.1 Å². The molecule has 1 saturated heterocycles. The predicted molar refractivity (Wildman–Crippen MR) is 73.1 cm³/mol. The number of hydrogen-bond acceptors (Lipinski definition) is 4. The van der Waals surface area contributed by atoms with Crippen molar-refractivity contribution in [1.29, 1.82) is 0 Å². The molecule has 0 radical (unpaired) electrons. The molecule has 2 rings (SSSR count). The van der Waals surface area contributed by atoms with E-state index in [-0.39, 0.29) is 16.4 Å². The highest BCUT2D eigenvalue weighted by Crippen LogP contribution is 2.19. The highest BCUT2D eigenvalue weighted by molar-refractivity contribution is 7.90. The molecule has 1 N–H and O–H groups in total. The molecule has 1 aliphatic heterocycles. The Morgan fingerprint density at radius 3 is 2.47 bits per heavy atom. The number of piperazine rings is 1. The molecule has 0 unspecified atom stereocenters. The van der Waals surface area contributed by atoms with Crippen LogP contribution in [0.2, 0.25) is 0 Å². The van der Waals surface area contributed by atoms with Crippen LogP contribution >= 0.6 is 0 Å². The third-order valence-electron chi connectivity index (χ3n) is 3.17. The lowest BCUT2D eigenvalue weighted by molar-refractivity contribution is 0.0732. The summed E-state index contributed by atoms with van der Waals surface area (Å²) in [7, 11) is -3.40. The largest absolute Gasteiger partial charge is 0.336 e. The number of rotatable bonds is 2. The van der Waals surface area contributed by atoms with E-state index in [2.05, 4.69) is 5.32 Å². The molecule has 1 fully saturated rings. The Hall–Kier alpha value is -1.40. The van der Waals surface area contributed by atoms with Crippen LogP contribution in [0.1, 0.15) is 15.9 Å². The lowest BCUT2D eigenvalue weighted by atomic mass is 10.1. The molecule has 0 aliphatic carbocycles. The smallest absolute Gasteiger partial charge is 0.255 e. The highest BCUT2D eigenvalue weighted by Gasteiger charge is 2.24. The number of carbonyl (C=O) groups is 1. The molecule has 1 heterocycles. The molecule has 0 saturated carbocycles. The number of aryl methyl sites for hydroxylation is 1. The Balaban J connectivity index is 2.42. The summed E-state index contributed by atoms with van der Waals surface area (Å²) in [4.78, 5) is 14.3. The second-order valence-corrected chi connectivity index (χ2v) is 6.80. The summed E-state index contributed by atoms with van der Waals surface area (Å²) in [6.45, 7) is 4.55. The van der Waals surface area contributed by atoms with E-state index >= 15 is 0 Å². The van der Waals surface area contributed by atoms with Crippen molar-refractivity contribution in [3.05, 3.63) is 29.3 Å². The van der Waals surface area contributed by atoms with Gasteiger partial charge in [-0.1, -0.05) is 11.6 Å². The standard InChI is InChI=1S/C13H18N2O3S/c1-10-3-4-12(19(2,17)18)11(9-10)13(16)15-7-5-14-6-8-15/h3-4,9,14H,5-8H2,1-2H3. The van der Waals surface area contributed by atoms with Crippen LogP contribution in [0.15, 0.2) is 23.1 Å². The van der Waals surface area contributed by atoms with Crippen LogP contribution in [0.3, 0.4) is 0 Å². The van der Waals surface area contributed by atoms with Gasteiger partial charge in [0, 0.05) is 32.4 Å². The Kier molecular flexibility index (Phi) is 3.91. The molecule has 19 heavy (non-hydrogen) atoms. The van der Waals surface area contributed by atoms with Crippen molar-refractivity contribution in [2.24, 2.45) is 0 Å². The first-order valence-corrected chi connectivity index (χ1v) is 8.09. The van der Waals surface area contributed by atoms with Crippen molar-refractivity contribution in [3.8, 4) is 0 Å². The lowest BCUT2D eigenvalue weighted by Crippen LogP contribution is -2.46. The molecule has 6 heteroatoms. The Morgan fingerprint density at radius 1 is 1.26 bits per heavy atom. The van der Waals surface area contributed by atoms with E-state index < -0.39 is 9.84 Å². The maximum Gasteiger partial charge on any atom is 0.255 e. The second kappa shape index (κ2) is 5.30. The number of hydrogen-bond donors (Lipinski definition) is 1. The lowest BCUT2D eigenvalue weighted by Gasteiger charge is -2.28. The first-order chi connectivity index (χ1) is 8.89. The quantitative estimate of drug-likeness (QED) is 0.855. The van der Waals surface area contributed by atoms with Gasteiger partial charge in [-0.25, -0.2) is 8.42 Å². The Morgan fingerprint density at radius 2 is 1.89 bits per heavy atom. The van der Waals surface area contributed by atoms with Crippen molar-refractivity contribution < 1.29 is 13.2 Å². The minimum Gasteiger partial charge on any atom is -0.336 e. The van der Waals surface area contributed by atoms with Gasteiger partial charge in [0.15, 0.2) is 9.84 Å². The summed E-state index contributed by atoms with van der Waals surface area (Å²) in [5, 5.41) is 3.17. The van der Waals surface area contributed by atoms with Crippen molar-refractivity contribution in [3.63, 3.8) is 0 Å². The van der Waals surface area contributed by atoms with Crippen LogP contribution in [0.5, 0.6) is 0 Å². The zero-order valence-electron chi connectivity index (χ0n) is 11.1. The van der Waals surface area contributed by atoms with Crippen LogP contribution in [-0.2, 0) is 9.84 Å². The normalized spacial score (nSPS) is 16.4. The Bertz CT molecular complexity index is 590. The van der Waals surface area contributed by atoms with Gasteiger partial charge in [0.1, 0.15) is 0 Å². The zero-order chi connectivity index (χ0) is 14.0. The monoisotopic (exact) mass is 282 g/mol. The molecular formula is C13H18N2O3S. The summed E-state index contributed by atoms with van der Waals surface area (Å²) in [5.41, 5.74) is 1.16. The molecule has 1 aliphatic rings. The number of sulfone groups is 1. The Labute approximate surface area is 113 Å².